The van der Waals surface area contributed by atoms with Crippen LogP contribution in [0.25, 0.3) is 10.2 Å². The molecule has 6 heteroatoms. The maximum Gasteiger partial charge on any atom is 0.253 e. The van der Waals surface area contributed by atoms with Crippen molar-refractivity contribution in [3.05, 3.63) is 59.1 Å². The van der Waals surface area contributed by atoms with Gasteiger partial charge >= 0.3 is 0 Å². The second-order valence-corrected chi connectivity index (χ2v) is 8.87. The van der Waals surface area contributed by atoms with Crippen molar-refractivity contribution in [3.8, 4) is 0 Å². The number of benzene rings is 2. The molecule has 2 aliphatic heterocycles. The maximum absolute atomic E-state index is 13.1. The van der Waals surface area contributed by atoms with Crippen molar-refractivity contribution in [2.75, 3.05) is 24.5 Å². The van der Waals surface area contributed by atoms with Crippen LogP contribution in [0.4, 0.5) is 5.69 Å². The largest absolute Gasteiger partial charge is 0.338 e. The third-order valence-corrected chi connectivity index (χ3v) is 7.07. The molecule has 3 heterocycles. The molecule has 0 bridgehead atoms. The van der Waals surface area contributed by atoms with Crippen molar-refractivity contribution < 1.29 is 9.59 Å². The Morgan fingerprint density at radius 2 is 1.86 bits per heavy atom. The molecule has 3 aromatic rings. The number of rotatable bonds is 3. The molecule has 0 aliphatic carbocycles. The number of nitrogens with zero attached hydrogens (tertiary/aromatic N) is 3. The van der Waals surface area contributed by atoms with Gasteiger partial charge < -0.3 is 9.80 Å². The first kappa shape index (κ1) is 18.3. The Morgan fingerprint density at radius 3 is 2.62 bits per heavy atom. The topological polar surface area (TPSA) is 53.5 Å². The molecular formula is C23H23N3O2S. The summed E-state index contributed by atoms with van der Waals surface area (Å²) in [6, 6.07) is 15.7. The summed E-state index contributed by atoms with van der Waals surface area (Å²) < 4.78 is 1.21. The van der Waals surface area contributed by atoms with E-state index in [2.05, 4.69) is 6.07 Å². The second-order valence-electron chi connectivity index (χ2n) is 7.81. The van der Waals surface area contributed by atoms with Crippen LogP contribution in [0.1, 0.15) is 47.0 Å². The molecule has 0 radical (unpaired) electrons. The minimum absolute atomic E-state index is 0.0649. The molecular weight excluding hydrogens is 382 g/mol. The molecule has 0 unspecified atom stereocenters. The minimum Gasteiger partial charge on any atom is -0.338 e. The number of piperidine rings is 1. The molecule has 1 aromatic heterocycles. The van der Waals surface area contributed by atoms with E-state index >= 15 is 0 Å². The molecule has 2 amide bonds. The van der Waals surface area contributed by atoms with Gasteiger partial charge in [0.15, 0.2) is 0 Å². The quantitative estimate of drug-likeness (QED) is 0.647. The average molecular weight is 406 g/mol. The molecule has 29 heavy (non-hydrogen) atoms. The van der Waals surface area contributed by atoms with Crippen molar-refractivity contribution >= 4 is 39.1 Å². The molecule has 5 rings (SSSR count). The Hall–Kier alpha value is -2.73. The summed E-state index contributed by atoms with van der Waals surface area (Å²) in [4.78, 5) is 33.6. The molecule has 2 saturated heterocycles. The van der Waals surface area contributed by atoms with Crippen molar-refractivity contribution in [2.45, 2.75) is 31.6 Å². The van der Waals surface area contributed by atoms with Gasteiger partial charge in [0.05, 0.1) is 15.2 Å². The smallest absolute Gasteiger partial charge is 0.253 e. The number of likely N-dealkylation sites (tertiary alicyclic amines) is 1. The van der Waals surface area contributed by atoms with E-state index in [0.717, 1.165) is 48.6 Å². The summed E-state index contributed by atoms with van der Waals surface area (Å²) >= 11 is 1.74. The predicted molar refractivity (Wildman–Crippen MR) is 116 cm³/mol. The lowest BCUT2D eigenvalue weighted by atomic mass is 9.98. The number of para-hydroxylation sites is 1. The van der Waals surface area contributed by atoms with Gasteiger partial charge in [-0.2, -0.15) is 0 Å². The van der Waals surface area contributed by atoms with Crippen LogP contribution < -0.4 is 4.90 Å². The fourth-order valence-corrected chi connectivity index (χ4v) is 5.41. The molecule has 5 nitrogen and oxygen atoms in total. The summed E-state index contributed by atoms with van der Waals surface area (Å²) in [6.45, 7) is 2.26. The zero-order valence-corrected chi connectivity index (χ0v) is 17.0. The van der Waals surface area contributed by atoms with Crippen molar-refractivity contribution in [1.82, 2.24) is 9.88 Å². The lowest BCUT2D eigenvalue weighted by Crippen LogP contribution is -2.39. The highest BCUT2D eigenvalue weighted by Crippen LogP contribution is 2.33. The van der Waals surface area contributed by atoms with Crippen molar-refractivity contribution in [2.24, 2.45) is 0 Å². The summed E-state index contributed by atoms with van der Waals surface area (Å²) in [5, 5.41) is 1.13. The van der Waals surface area contributed by atoms with E-state index in [1.807, 2.05) is 47.4 Å². The van der Waals surface area contributed by atoms with Crippen LogP contribution in [0.2, 0.25) is 0 Å². The number of carbonyl (C=O) groups is 2. The first-order valence-electron chi connectivity index (χ1n) is 10.2. The number of aromatic nitrogens is 1. The van der Waals surface area contributed by atoms with Gasteiger partial charge in [0, 0.05) is 43.2 Å². The molecule has 2 aromatic carbocycles. The first-order valence-corrected chi connectivity index (χ1v) is 11.1. The van der Waals surface area contributed by atoms with E-state index in [1.165, 1.54) is 4.70 Å². The van der Waals surface area contributed by atoms with Crippen molar-refractivity contribution in [3.63, 3.8) is 0 Å². The van der Waals surface area contributed by atoms with Gasteiger partial charge in [-0.1, -0.05) is 12.1 Å². The van der Waals surface area contributed by atoms with E-state index in [0.29, 0.717) is 24.4 Å². The van der Waals surface area contributed by atoms with Crippen LogP contribution in [0.5, 0.6) is 0 Å². The third-order valence-electron chi connectivity index (χ3n) is 5.87. The number of amides is 2. The number of fused-ring (bicyclic) bond motifs is 1. The number of anilines is 1. The highest BCUT2D eigenvalue weighted by molar-refractivity contribution is 7.18. The van der Waals surface area contributed by atoms with E-state index in [1.54, 1.807) is 16.2 Å². The molecule has 2 fully saturated rings. The monoisotopic (exact) mass is 405 g/mol. The standard InChI is InChI=1S/C23H23N3O2S/c27-21-8-4-14-26(21)18-11-9-16(10-12-18)23(28)25-13-3-5-17(15-25)22-24-19-6-1-2-7-20(19)29-22/h1-2,6-7,9-12,17H,3-5,8,13-15H2/t17-/m1/s1. The van der Waals surface area contributed by atoms with Crippen LogP contribution in [-0.4, -0.2) is 41.3 Å². The number of thiazole rings is 1. The number of hydrogen-bond donors (Lipinski definition) is 0. The molecule has 0 saturated carbocycles. The average Bonchev–Trinajstić information content (AvgIpc) is 3.39. The molecule has 148 valence electrons. The number of hydrogen-bond acceptors (Lipinski definition) is 4. The molecule has 0 N–H and O–H groups in total. The Morgan fingerprint density at radius 1 is 1.03 bits per heavy atom. The zero-order valence-electron chi connectivity index (χ0n) is 16.2. The summed E-state index contributed by atoms with van der Waals surface area (Å²) in [5.41, 5.74) is 2.61. The molecule has 0 spiro atoms. The van der Waals surface area contributed by atoms with Gasteiger partial charge in [0.1, 0.15) is 0 Å². The van der Waals surface area contributed by atoms with E-state index < -0.39 is 0 Å². The number of carbonyl (C=O) groups excluding carboxylic acids is 2. The van der Waals surface area contributed by atoms with Gasteiger partial charge in [0.2, 0.25) is 5.91 Å². The molecule has 2 aliphatic rings. The minimum atomic E-state index is 0.0649. The third kappa shape index (κ3) is 3.53. The zero-order chi connectivity index (χ0) is 19.8. The van der Waals surface area contributed by atoms with Crippen LogP contribution in [0.15, 0.2) is 48.5 Å². The highest BCUT2D eigenvalue weighted by Gasteiger charge is 2.28. The van der Waals surface area contributed by atoms with Crippen LogP contribution >= 0.6 is 11.3 Å². The Balaban J connectivity index is 1.31. The highest BCUT2D eigenvalue weighted by atomic mass is 32.1. The summed E-state index contributed by atoms with van der Waals surface area (Å²) in [6.07, 6.45) is 3.58. The first-order chi connectivity index (χ1) is 14.2. The van der Waals surface area contributed by atoms with Gasteiger partial charge in [-0.15, -0.1) is 11.3 Å². The predicted octanol–water partition coefficient (Wildman–Crippen LogP) is 4.44. The molecule has 1 atom stereocenters. The van der Waals surface area contributed by atoms with E-state index in [-0.39, 0.29) is 11.8 Å². The Labute approximate surface area is 174 Å². The van der Waals surface area contributed by atoms with Crippen molar-refractivity contribution in [1.29, 1.82) is 0 Å². The lowest BCUT2D eigenvalue weighted by Gasteiger charge is -2.32. The van der Waals surface area contributed by atoms with Crippen LogP contribution in [0.3, 0.4) is 0 Å². The van der Waals surface area contributed by atoms with Gasteiger partial charge in [-0.05, 0) is 55.7 Å². The SMILES string of the molecule is O=C(c1ccc(N2CCCC2=O)cc1)N1CCC[C@@H](c2nc3ccccc3s2)C1. The van der Waals surface area contributed by atoms with E-state index in [4.69, 9.17) is 4.98 Å². The fourth-order valence-electron chi connectivity index (χ4n) is 4.32. The second kappa shape index (κ2) is 7.59. The van der Waals surface area contributed by atoms with Gasteiger partial charge in [-0.25, -0.2) is 4.98 Å². The Bertz CT molecular complexity index is 1030. The lowest BCUT2D eigenvalue weighted by molar-refractivity contribution is -0.117. The Kier molecular flexibility index (Phi) is 4.79. The summed E-state index contributed by atoms with van der Waals surface area (Å²) in [5.74, 6) is 0.528. The van der Waals surface area contributed by atoms with Gasteiger partial charge in [0.25, 0.3) is 5.91 Å². The summed E-state index contributed by atoms with van der Waals surface area (Å²) in [7, 11) is 0. The fraction of sp³-hybridized carbons (Fsp3) is 0.348. The maximum atomic E-state index is 13.1. The van der Waals surface area contributed by atoms with Gasteiger partial charge in [-0.3, -0.25) is 9.59 Å². The van der Waals surface area contributed by atoms with Crippen LogP contribution in [-0.2, 0) is 4.79 Å². The van der Waals surface area contributed by atoms with E-state index in [9.17, 15) is 9.59 Å². The van der Waals surface area contributed by atoms with Crippen LogP contribution in [0, 0.1) is 0 Å². The normalized spacial score (nSPS) is 19.9.